The Kier molecular flexibility index (Phi) is 5.28. The molecule has 0 aliphatic rings. The van der Waals surface area contributed by atoms with E-state index in [4.69, 9.17) is 15.0 Å². The summed E-state index contributed by atoms with van der Waals surface area (Å²) in [5, 5.41) is 2.98. The van der Waals surface area contributed by atoms with Crippen LogP contribution in [0.1, 0.15) is 5.76 Å². The van der Waals surface area contributed by atoms with Crippen LogP contribution in [0.15, 0.2) is 27.8 Å². The number of furan rings is 1. The van der Waals surface area contributed by atoms with Crippen LogP contribution in [-0.2, 0) is 11.3 Å². The molecule has 0 bridgehead atoms. The van der Waals surface area contributed by atoms with E-state index in [2.05, 4.69) is 15.7 Å². The molecule has 0 spiro atoms. The first kappa shape index (κ1) is 11.5. The molecule has 0 unspecified atom stereocenters. The predicted molar refractivity (Wildman–Crippen MR) is 57.0 cm³/mol. The molecule has 6 heteroatoms. The largest absolute Gasteiger partial charge is 0.467 e. The summed E-state index contributed by atoms with van der Waals surface area (Å²) in [7, 11) is 1.64. The number of ether oxygens (including phenoxy) is 1. The van der Waals surface area contributed by atoms with Gasteiger partial charge in [-0.3, -0.25) is 5.43 Å². The molecule has 0 amide bonds. The summed E-state index contributed by atoms with van der Waals surface area (Å²) in [6, 6.07) is 3.67. The maximum atomic E-state index is 5.28. The molecule has 1 aromatic heterocycles. The van der Waals surface area contributed by atoms with Crippen molar-refractivity contribution in [3.05, 3.63) is 24.2 Å². The topological polar surface area (TPSA) is 84.8 Å². The van der Waals surface area contributed by atoms with Crippen molar-refractivity contribution < 1.29 is 9.15 Å². The molecular weight excluding hydrogens is 196 g/mol. The van der Waals surface area contributed by atoms with Crippen molar-refractivity contribution in [1.82, 2.24) is 10.7 Å². The van der Waals surface area contributed by atoms with E-state index in [1.807, 2.05) is 12.1 Å². The Morgan fingerprint density at radius 3 is 3.13 bits per heavy atom. The molecule has 0 radical (unpaired) electrons. The molecule has 0 aliphatic heterocycles. The fourth-order valence-electron chi connectivity index (χ4n) is 0.984. The minimum absolute atomic E-state index is 0.451. The quantitative estimate of drug-likeness (QED) is 0.207. The van der Waals surface area contributed by atoms with Crippen LogP contribution in [0.3, 0.4) is 0 Å². The van der Waals surface area contributed by atoms with Gasteiger partial charge in [0.05, 0.1) is 12.9 Å². The molecule has 0 aliphatic carbocycles. The number of nitrogens with zero attached hydrogens (tertiary/aromatic N) is 1. The highest BCUT2D eigenvalue weighted by molar-refractivity contribution is 5.79. The Labute approximate surface area is 88.5 Å². The zero-order valence-corrected chi connectivity index (χ0v) is 8.69. The number of guanidine groups is 1. The normalized spacial score (nSPS) is 11.5. The maximum Gasteiger partial charge on any atom is 0.206 e. The van der Waals surface area contributed by atoms with Gasteiger partial charge in [0.1, 0.15) is 12.3 Å². The van der Waals surface area contributed by atoms with Crippen LogP contribution in [0, 0.1) is 0 Å². The third-order valence-corrected chi connectivity index (χ3v) is 1.71. The summed E-state index contributed by atoms with van der Waals surface area (Å²) in [4.78, 5) is 4.18. The second-order valence-electron chi connectivity index (χ2n) is 2.81. The van der Waals surface area contributed by atoms with Gasteiger partial charge in [-0.05, 0) is 12.1 Å². The highest BCUT2D eigenvalue weighted by Crippen LogP contribution is 2.00. The Morgan fingerprint density at radius 2 is 2.53 bits per heavy atom. The van der Waals surface area contributed by atoms with Crippen LogP contribution in [0.4, 0.5) is 0 Å². The first-order chi connectivity index (χ1) is 7.36. The number of nitrogens with one attached hydrogen (secondary N) is 2. The van der Waals surface area contributed by atoms with Gasteiger partial charge >= 0.3 is 0 Å². The molecule has 15 heavy (non-hydrogen) atoms. The third kappa shape index (κ3) is 4.48. The monoisotopic (exact) mass is 212 g/mol. The van der Waals surface area contributed by atoms with E-state index in [0.29, 0.717) is 25.7 Å². The number of hydrogen-bond donors (Lipinski definition) is 3. The van der Waals surface area contributed by atoms with E-state index >= 15 is 0 Å². The molecule has 0 atom stereocenters. The van der Waals surface area contributed by atoms with E-state index in [-0.39, 0.29) is 0 Å². The van der Waals surface area contributed by atoms with Crippen molar-refractivity contribution in [3.8, 4) is 0 Å². The maximum absolute atomic E-state index is 5.28. The van der Waals surface area contributed by atoms with Crippen LogP contribution in [0.2, 0.25) is 0 Å². The Hall–Kier alpha value is -1.53. The number of hydrazine groups is 1. The molecule has 1 aromatic rings. The van der Waals surface area contributed by atoms with Crippen LogP contribution in [-0.4, -0.2) is 26.2 Å². The lowest BCUT2D eigenvalue weighted by atomic mass is 10.4. The van der Waals surface area contributed by atoms with Gasteiger partial charge in [-0.25, -0.2) is 10.8 Å². The molecule has 0 saturated heterocycles. The van der Waals surface area contributed by atoms with Crippen LogP contribution >= 0.6 is 0 Å². The van der Waals surface area contributed by atoms with E-state index < -0.39 is 0 Å². The predicted octanol–water partition coefficient (Wildman–Crippen LogP) is -0.165. The summed E-state index contributed by atoms with van der Waals surface area (Å²) in [6.45, 7) is 1.70. The number of rotatable bonds is 5. The Morgan fingerprint density at radius 1 is 1.67 bits per heavy atom. The highest BCUT2D eigenvalue weighted by Gasteiger charge is 1.96. The number of nitrogens with two attached hydrogens (primary N) is 1. The van der Waals surface area contributed by atoms with Crippen molar-refractivity contribution >= 4 is 5.96 Å². The van der Waals surface area contributed by atoms with Crippen LogP contribution in [0.25, 0.3) is 0 Å². The molecule has 0 fully saturated rings. The van der Waals surface area contributed by atoms with Gasteiger partial charge in [0.15, 0.2) is 0 Å². The zero-order chi connectivity index (χ0) is 10.9. The van der Waals surface area contributed by atoms with Crippen LogP contribution < -0.4 is 16.6 Å². The van der Waals surface area contributed by atoms with Gasteiger partial charge in [-0.1, -0.05) is 0 Å². The number of hydrogen-bond acceptors (Lipinski definition) is 4. The van der Waals surface area contributed by atoms with Crippen molar-refractivity contribution in [2.24, 2.45) is 10.8 Å². The van der Waals surface area contributed by atoms with E-state index in [1.54, 1.807) is 13.4 Å². The standard InChI is InChI=1S/C9H16N4O2/c1-14-6-4-11-9(13-10)12-7-8-3-2-5-15-8/h2-3,5H,4,6-7,10H2,1H3,(H2,11,12,13). The summed E-state index contributed by atoms with van der Waals surface area (Å²) in [6.07, 6.45) is 1.61. The lowest BCUT2D eigenvalue weighted by molar-refractivity contribution is 0.203. The molecule has 1 rings (SSSR count). The van der Waals surface area contributed by atoms with Crippen molar-refractivity contribution in [1.29, 1.82) is 0 Å². The average Bonchev–Trinajstić information content (AvgIpc) is 2.76. The first-order valence-corrected chi connectivity index (χ1v) is 4.63. The van der Waals surface area contributed by atoms with Crippen molar-refractivity contribution in [2.45, 2.75) is 6.54 Å². The zero-order valence-electron chi connectivity index (χ0n) is 8.69. The van der Waals surface area contributed by atoms with Crippen molar-refractivity contribution in [3.63, 3.8) is 0 Å². The Bertz CT molecular complexity index is 284. The fourth-order valence-corrected chi connectivity index (χ4v) is 0.984. The third-order valence-electron chi connectivity index (χ3n) is 1.71. The highest BCUT2D eigenvalue weighted by atomic mass is 16.5. The van der Waals surface area contributed by atoms with Gasteiger partial charge in [0.2, 0.25) is 5.96 Å². The lowest BCUT2D eigenvalue weighted by Gasteiger charge is -2.07. The number of aliphatic imine (C=N–C) groups is 1. The number of methoxy groups -OCH3 is 1. The van der Waals surface area contributed by atoms with Gasteiger partial charge in [-0.15, -0.1) is 0 Å². The molecule has 1 heterocycles. The fraction of sp³-hybridized carbons (Fsp3) is 0.444. The average molecular weight is 212 g/mol. The molecular formula is C9H16N4O2. The molecule has 0 aromatic carbocycles. The Balaban J connectivity index is 2.33. The minimum atomic E-state index is 0.451. The second-order valence-corrected chi connectivity index (χ2v) is 2.81. The smallest absolute Gasteiger partial charge is 0.206 e. The summed E-state index contributed by atoms with van der Waals surface area (Å²) in [5.41, 5.74) is 2.47. The van der Waals surface area contributed by atoms with E-state index in [1.165, 1.54) is 0 Å². The first-order valence-electron chi connectivity index (χ1n) is 4.63. The van der Waals surface area contributed by atoms with Gasteiger partial charge in [-0.2, -0.15) is 0 Å². The summed E-state index contributed by atoms with van der Waals surface area (Å²) in [5.74, 6) is 6.59. The minimum Gasteiger partial charge on any atom is -0.467 e. The molecule has 0 saturated carbocycles. The van der Waals surface area contributed by atoms with Crippen LogP contribution in [0.5, 0.6) is 0 Å². The summed E-state index contributed by atoms with van der Waals surface area (Å²) < 4.78 is 10.0. The lowest BCUT2D eigenvalue weighted by Crippen LogP contribution is -2.42. The SMILES string of the molecule is COCCNC(=NCc1ccco1)NN. The molecule has 84 valence electrons. The van der Waals surface area contributed by atoms with Crippen molar-refractivity contribution in [2.75, 3.05) is 20.3 Å². The molecule has 6 nitrogen and oxygen atoms in total. The molecule has 4 N–H and O–H groups in total. The van der Waals surface area contributed by atoms with Gasteiger partial charge < -0.3 is 14.5 Å². The van der Waals surface area contributed by atoms with Gasteiger partial charge in [0, 0.05) is 13.7 Å². The van der Waals surface area contributed by atoms with E-state index in [0.717, 1.165) is 5.76 Å². The summed E-state index contributed by atoms with van der Waals surface area (Å²) >= 11 is 0. The van der Waals surface area contributed by atoms with E-state index in [9.17, 15) is 0 Å². The second kappa shape index (κ2) is 6.86. The van der Waals surface area contributed by atoms with Gasteiger partial charge in [0.25, 0.3) is 0 Å².